The lowest BCUT2D eigenvalue weighted by Crippen LogP contribution is -2.62. The molecule has 194 valence electrons. The summed E-state index contributed by atoms with van der Waals surface area (Å²) in [6.45, 7) is 12.1. The molecular formula is C29H48O5. The van der Waals surface area contributed by atoms with Crippen molar-refractivity contribution in [2.24, 2.45) is 51.8 Å². The lowest BCUT2D eigenvalue weighted by Gasteiger charge is -2.63. The summed E-state index contributed by atoms with van der Waals surface area (Å²) in [6, 6.07) is 0. The van der Waals surface area contributed by atoms with Crippen LogP contribution in [0.3, 0.4) is 0 Å². The first-order valence-electron chi connectivity index (χ1n) is 14.2. The van der Waals surface area contributed by atoms with Crippen LogP contribution in [-0.4, -0.2) is 52.1 Å². The highest BCUT2D eigenvalue weighted by molar-refractivity contribution is 5.29. The number of aliphatic hydroxyl groups is 3. The van der Waals surface area contributed by atoms with Crippen LogP contribution in [0.15, 0.2) is 0 Å². The van der Waals surface area contributed by atoms with Gasteiger partial charge in [-0.3, -0.25) is 0 Å². The normalized spacial score (nSPS) is 51.4. The molecule has 0 amide bonds. The molecule has 5 nitrogen and oxygen atoms in total. The first kappa shape index (κ1) is 24.2. The highest BCUT2D eigenvalue weighted by Crippen LogP contribution is 2.85. The zero-order valence-electron chi connectivity index (χ0n) is 22.1. The van der Waals surface area contributed by atoms with Gasteiger partial charge in [-0.05, 0) is 105 Å². The van der Waals surface area contributed by atoms with Crippen LogP contribution < -0.4 is 0 Å². The Hall–Kier alpha value is -0.200. The van der Waals surface area contributed by atoms with E-state index in [1.165, 1.54) is 38.5 Å². The smallest absolute Gasteiger partial charge is 0.175 e. The number of ether oxygens (including phenoxy) is 2. The summed E-state index contributed by atoms with van der Waals surface area (Å²) in [5, 5.41) is 32.0. The highest BCUT2D eigenvalue weighted by atomic mass is 16.7. The molecule has 5 saturated carbocycles. The van der Waals surface area contributed by atoms with Gasteiger partial charge in [0.15, 0.2) is 5.79 Å². The fraction of sp³-hybridized carbons (Fsp3) is 1.00. The maximum atomic E-state index is 11.1. The quantitative estimate of drug-likeness (QED) is 0.544. The van der Waals surface area contributed by atoms with E-state index in [0.29, 0.717) is 23.2 Å². The number of fused-ring (bicyclic) bond motifs is 4. The summed E-state index contributed by atoms with van der Waals surface area (Å²) >= 11 is 0. The molecule has 0 radical (unpaired) electrons. The Morgan fingerprint density at radius 2 is 1.65 bits per heavy atom. The second kappa shape index (κ2) is 7.43. The Labute approximate surface area is 206 Å². The van der Waals surface area contributed by atoms with Crippen molar-refractivity contribution in [3.63, 3.8) is 0 Å². The number of rotatable bonds is 5. The van der Waals surface area contributed by atoms with Crippen LogP contribution in [0.4, 0.5) is 0 Å². The van der Waals surface area contributed by atoms with Crippen LogP contribution in [-0.2, 0) is 9.47 Å². The van der Waals surface area contributed by atoms with Gasteiger partial charge >= 0.3 is 0 Å². The van der Waals surface area contributed by atoms with E-state index in [1.54, 1.807) is 13.8 Å². The Bertz CT molecular complexity index is 816. The van der Waals surface area contributed by atoms with Gasteiger partial charge in [-0.25, -0.2) is 0 Å². The SMILES string of the molecule is C[C@H]([C@@H](O)[C@@H](O)CC(C)(C)O)[C@H]1CC[C@H]2[C@@H]3CC4(OCCO4)[C@]45C[C@H]4CC[C@]5(C)[C@H]3CC[C@]12C. The van der Waals surface area contributed by atoms with Gasteiger partial charge in [0.1, 0.15) is 0 Å². The van der Waals surface area contributed by atoms with E-state index in [4.69, 9.17) is 9.47 Å². The third-order valence-electron chi connectivity index (χ3n) is 12.7. The minimum absolute atomic E-state index is 0.0154. The Kier molecular flexibility index (Phi) is 5.28. The van der Waals surface area contributed by atoms with Crippen LogP contribution in [0.5, 0.6) is 0 Å². The number of hydrogen-bond acceptors (Lipinski definition) is 5. The van der Waals surface area contributed by atoms with Crippen molar-refractivity contribution in [3.05, 3.63) is 0 Å². The standard InChI is InChI=1S/C29H48O5/c1-17(24(31)23(30)16-25(2,3)32)20-6-7-21-19-15-29(33-12-13-34-29)28-14-18(28)8-11-27(28,5)22(19)9-10-26(20,21)4/h17-24,30-32H,6-16H2,1-5H3/t17-,18+,19-,20+,21-,22-,23-,24+,26+,27+,28+/m0/s1. The van der Waals surface area contributed by atoms with Gasteiger partial charge in [0.2, 0.25) is 0 Å². The first-order valence-corrected chi connectivity index (χ1v) is 14.2. The zero-order valence-corrected chi connectivity index (χ0v) is 22.1. The molecule has 6 rings (SSSR count). The van der Waals surface area contributed by atoms with Gasteiger partial charge in [-0.2, -0.15) is 0 Å². The highest BCUT2D eigenvalue weighted by Gasteiger charge is 2.83. The van der Waals surface area contributed by atoms with E-state index >= 15 is 0 Å². The monoisotopic (exact) mass is 476 g/mol. The Morgan fingerprint density at radius 3 is 2.29 bits per heavy atom. The van der Waals surface area contributed by atoms with E-state index < -0.39 is 17.8 Å². The molecule has 1 heterocycles. The fourth-order valence-corrected chi connectivity index (χ4v) is 11.3. The van der Waals surface area contributed by atoms with E-state index in [1.807, 2.05) is 0 Å². The molecule has 2 spiro atoms. The minimum Gasteiger partial charge on any atom is -0.390 e. The summed E-state index contributed by atoms with van der Waals surface area (Å²) < 4.78 is 13.2. The first-order chi connectivity index (χ1) is 15.9. The van der Waals surface area contributed by atoms with Crippen molar-refractivity contribution < 1.29 is 24.8 Å². The topological polar surface area (TPSA) is 79.2 Å². The van der Waals surface area contributed by atoms with Crippen molar-refractivity contribution in [2.45, 2.75) is 116 Å². The minimum atomic E-state index is -0.981. The predicted molar refractivity (Wildman–Crippen MR) is 130 cm³/mol. The Morgan fingerprint density at radius 1 is 0.941 bits per heavy atom. The molecule has 0 aromatic heterocycles. The Balaban J connectivity index is 1.27. The van der Waals surface area contributed by atoms with Crippen LogP contribution in [0, 0.1) is 51.8 Å². The van der Waals surface area contributed by atoms with Crippen LogP contribution in [0.25, 0.3) is 0 Å². The van der Waals surface area contributed by atoms with Crippen molar-refractivity contribution in [3.8, 4) is 0 Å². The third kappa shape index (κ3) is 2.97. The average molecular weight is 477 g/mol. The van der Waals surface area contributed by atoms with Crippen LogP contribution in [0.2, 0.25) is 0 Å². The molecule has 0 unspecified atom stereocenters. The molecule has 6 fully saturated rings. The largest absolute Gasteiger partial charge is 0.390 e. The molecular weight excluding hydrogens is 428 g/mol. The van der Waals surface area contributed by atoms with Gasteiger partial charge in [-0.1, -0.05) is 20.8 Å². The summed E-state index contributed by atoms with van der Waals surface area (Å²) in [5.41, 5.74) is -0.212. The molecule has 34 heavy (non-hydrogen) atoms. The van der Waals surface area contributed by atoms with Gasteiger partial charge in [0.05, 0.1) is 31.0 Å². The molecule has 6 aliphatic rings. The molecule has 11 atom stereocenters. The van der Waals surface area contributed by atoms with Crippen molar-refractivity contribution in [1.29, 1.82) is 0 Å². The number of hydrogen-bond donors (Lipinski definition) is 3. The fourth-order valence-electron chi connectivity index (χ4n) is 11.3. The van der Waals surface area contributed by atoms with E-state index in [0.717, 1.165) is 37.9 Å². The molecule has 5 aliphatic carbocycles. The van der Waals surface area contributed by atoms with Gasteiger partial charge in [0, 0.05) is 18.3 Å². The van der Waals surface area contributed by atoms with Crippen molar-refractivity contribution >= 4 is 0 Å². The van der Waals surface area contributed by atoms with Gasteiger partial charge in [0.25, 0.3) is 0 Å². The van der Waals surface area contributed by atoms with Gasteiger partial charge < -0.3 is 24.8 Å². The summed E-state index contributed by atoms with van der Waals surface area (Å²) in [7, 11) is 0. The van der Waals surface area contributed by atoms with E-state index in [-0.39, 0.29) is 29.0 Å². The molecule has 3 N–H and O–H groups in total. The molecule has 0 aromatic rings. The lowest BCUT2D eigenvalue weighted by atomic mass is 9.44. The second-order valence-corrected chi connectivity index (χ2v) is 14.5. The second-order valence-electron chi connectivity index (χ2n) is 14.5. The summed E-state index contributed by atoms with van der Waals surface area (Å²) in [6.07, 6.45) is 8.41. The van der Waals surface area contributed by atoms with Gasteiger partial charge in [-0.15, -0.1) is 0 Å². The van der Waals surface area contributed by atoms with E-state index in [2.05, 4.69) is 20.8 Å². The molecule has 5 heteroatoms. The molecule has 1 saturated heterocycles. The van der Waals surface area contributed by atoms with Crippen LogP contribution >= 0.6 is 0 Å². The van der Waals surface area contributed by atoms with Crippen molar-refractivity contribution in [1.82, 2.24) is 0 Å². The maximum absolute atomic E-state index is 11.1. The lowest BCUT2D eigenvalue weighted by molar-refractivity contribution is -0.294. The number of aliphatic hydroxyl groups excluding tert-OH is 2. The zero-order chi connectivity index (χ0) is 24.3. The van der Waals surface area contributed by atoms with E-state index in [9.17, 15) is 15.3 Å². The van der Waals surface area contributed by atoms with Crippen molar-refractivity contribution in [2.75, 3.05) is 13.2 Å². The maximum Gasteiger partial charge on any atom is 0.175 e. The average Bonchev–Trinajstić information content (AvgIpc) is 3.02. The predicted octanol–water partition coefficient (Wildman–Crippen LogP) is 4.52. The summed E-state index contributed by atoms with van der Waals surface area (Å²) in [4.78, 5) is 0. The summed E-state index contributed by atoms with van der Waals surface area (Å²) in [5.74, 6) is 2.88. The van der Waals surface area contributed by atoms with Crippen LogP contribution in [0.1, 0.15) is 92.4 Å². The third-order valence-corrected chi connectivity index (χ3v) is 12.7. The molecule has 1 aliphatic heterocycles. The molecule has 0 bridgehead atoms. The molecule has 0 aromatic carbocycles.